The molecule has 74 valence electrons. The Morgan fingerprint density at radius 1 is 1.43 bits per heavy atom. The Bertz CT molecular complexity index is 387. The van der Waals surface area contributed by atoms with Crippen molar-refractivity contribution < 1.29 is 4.79 Å². The van der Waals surface area contributed by atoms with Crippen LogP contribution < -0.4 is 0 Å². The molecule has 1 aliphatic heterocycles. The van der Waals surface area contributed by atoms with Gasteiger partial charge in [0.25, 0.3) is 5.91 Å². The molecule has 1 amide bonds. The van der Waals surface area contributed by atoms with Gasteiger partial charge in [0, 0.05) is 5.56 Å². The van der Waals surface area contributed by atoms with Gasteiger partial charge >= 0.3 is 0 Å². The minimum atomic E-state index is 0.135. The molecule has 1 heterocycles. The first kappa shape index (κ1) is 9.96. The summed E-state index contributed by atoms with van der Waals surface area (Å²) >= 11 is 2.07. The van der Waals surface area contributed by atoms with E-state index in [-0.39, 0.29) is 5.91 Å². The second-order valence-corrected chi connectivity index (χ2v) is 5.06. The lowest BCUT2D eigenvalue weighted by Gasteiger charge is -2.06. The van der Waals surface area contributed by atoms with E-state index < -0.39 is 0 Å². The van der Waals surface area contributed by atoms with Crippen LogP contribution in [0.2, 0.25) is 0 Å². The summed E-state index contributed by atoms with van der Waals surface area (Å²) in [5.74, 6) is 0.662. The average molecular weight is 301 g/mol. The lowest BCUT2D eigenvalue weighted by Crippen LogP contribution is -2.09. The van der Waals surface area contributed by atoms with Crippen LogP contribution in [0, 0.1) is 0 Å². The average Bonchev–Trinajstić information content (AvgIpc) is 2.42. The normalized spacial score (nSPS) is 15.1. The van der Waals surface area contributed by atoms with E-state index in [1.807, 2.05) is 6.07 Å². The van der Waals surface area contributed by atoms with Crippen LogP contribution >= 0.6 is 22.9 Å². The number of halogens is 1. The molecule has 1 aromatic carbocycles. The van der Waals surface area contributed by atoms with Crippen molar-refractivity contribution in [2.24, 2.45) is 0 Å². The van der Waals surface area contributed by atoms with E-state index in [9.17, 15) is 4.79 Å². The SMILES string of the molecule is CC(C)c1ccc2c(c1)CN(I)C2=O. The highest BCUT2D eigenvalue weighted by Gasteiger charge is 2.25. The minimum Gasteiger partial charge on any atom is -0.276 e. The summed E-state index contributed by atoms with van der Waals surface area (Å²) in [6.07, 6.45) is 0. The summed E-state index contributed by atoms with van der Waals surface area (Å²) < 4.78 is 1.73. The molecule has 0 atom stereocenters. The molecule has 0 fully saturated rings. The largest absolute Gasteiger partial charge is 0.276 e. The number of amides is 1. The van der Waals surface area contributed by atoms with Crippen LogP contribution in [0.1, 0.15) is 41.3 Å². The molecule has 1 aliphatic rings. The first-order valence-corrected chi connectivity index (χ1v) is 5.66. The van der Waals surface area contributed by atoms with Gasteiger partial charge in [-0.05, 0) is 23.1 Å². The molecule has 3 heteroatoms. The molecule has 0 aliphatic carbocycles. The van der Waals surface area contributed by atoms with Crippen molar-refractivity contribution in [1.82, 2.24) is 3.11 Å². The lowest BCUT2D eigenvalue weighted by molar-refractivity contribution is 0.0905. The number of hydrogen-bond acceptors (Lipinski definition) is 1. The predicted octanol–water partition coefficient (Wildman–Crippen LogP) is 3.12. The summed E-state index contributed by atoms with van der Waals surface area (Å²) in [7, 11) is 0. The van der Waals surface area contributed by atoms with Gasteiger partial charge in [-0.3, -0.25) is 7.91 Å². The molecule has 0 saturated carbocycles. The molecule has 2 rings (SSSR count). The molecule has 0 N–H and O–H groups in total. The van der Waals surface area contributed by atoms with Crippen LogP contribution in [-0.4, -0.2) is 9.02 Å². The molecule has 1 aromatic rings. The fraction of sp³-hybridized carbons (Fsp3) is 0.364. The molecule has 0 bridgehead atoms. The molecule has 2 nitrogen and oxygen atoms in total. The van der Waals surface area contributed by atoms with Crippen LogP contribution in [0.25, 0.3) is 0 Å². The van der Waals surface area contributed by atoms with E-state index in [1.54, 1.807) is 3.11 Å². The third kappa shape index (κ3) is 1.54. The Kier molecular flexibility index (Phi) is 2.51. The van der Waals surface area contributed by atoms with Crippen molar-refractivity contribution in [2.45, 2.75) is 26.3 Å². The Hall–Kier alpha value is -0.580. The number of benzene rings is 1. The van der Waals surface area contributed by atoms with Gasteiger partial charge in [0.15, 0.2) is 0 Å². The van der Waals surface area contributed by atoms with E-state index in [1.165, 1.54) is 5.56 Å². The van der Waals surface area contributed by atoms with Gasteiger partial charge in [-0.25, -0.2) is 0 Å². The van der Waals surface area contributed by atoms with E-state index in [2.05, 4.69) is 48.8 Å². The molecule has 0 spiro atoms. The predicted molar refractivity (Wildman–Crippen MR) is 64.4 cm³/mol. The topological polar surface area (TPSA) is 20.3 Å². The van der Waals surface area contributed by atoms with Gasteiger partial charge in [0.2, 0.25) is 0 Å². The standard InChI is InChI=1S/C11H12INO/c1-7(2)8-3-4-10-9(5-8)6-13(12)11(10)14/h3-5,7H,6H2,1-2H3. The van der Waals surface area contributed by atoms with Crippen molar-refractivity contribution in [3.63, 3.8) is 0 Å². The monoisotopic (exact) mass is 301 g/mol. The molecule has 0 unspecified atom stereocenters. The number of rotatable bonds is 1. The van der Waals surface area contributed by atoms with Crippen molar-refractivity contribution in [1.29, 1.82) is 0 Å². The first-order chi connectivity index (χ1) is 6.59. The maximum Gasteiger partial charge on any atom is 0.263 e. The number of hydrogen-bond donors (Lipinski definition) is 0. The fourth-order valence-electron chi connectivity index (χ4n) is 1.66. The Morgan fingerprint density at radius 2 is 2.14 bits per heavy atom. The molecular weight excluding hydrogens is 289 g/mol. The zero-order valence-electron chi connectivity index (χ0n) is 8.25. The van der Waals surface area contributed by atoms with Crippen molar-refractivity contribution in [2.75, 3.05) is 0 Å². The van der Waals surface area contributed by atoms with Gasteiger partial charge in [-0.1, -0.05) is 26.0 Å². The number of carbonyl (C=O) groups excluding carboxylic acids is 1. The molecule has 0 radical (unpaired) electrons. The molecule has 0 aromatic heterocycles. The minimum absolute atomic E-state index is 0.135. The van der Waals surface area contributed by atoms with Gasteiger partial charge < -0.3 is 0 Å². The smallest absolute Gasteiger partial charge is 0.263 e. The van der Waals surface area contributed by atoms with Crippen molar-refractivity contribution >= 4 is 28.8 Å². The van der Waals surface area contributed by atoms with Gasteiger partial charge in [-0.2, -0.15) is 0 Å². The second-order valence-electron chi connectivity index (χ2n) is 3.90. The third-order valence-corrected chi connectivity index (χ3v) is 3.34. The van der Waals surface area contributed by atoms with E-state index in [0.29, 0.717) is 5.92 Å². The number of fused-ring (bicyclic) bond motifs is 1. The van der Waals surface area contributed by atoms with Crippen molar-refractivity contribution in [3.05, 3.63) is 34.9 Å². The number of carbonyl (C=O) groups is 1. The van der Waals surface area contributed by atoms with Crippen LogP contribution in [0.3, 0.4) is 0 Å². The Morgan fingerprint density at radius 3 is 2.79 bits per heavy atom. The van der Waals surface area contributed by atoms with Crippen LogP contribution in [0.5, 0.6) is 0 Å². The first-order valence-electron chi connectivity index (χ1n) is 4.70. The van der Waals surface area contributed by atoms with Gasteiger partial charge in [0.1, 0.15) is 0 Å². The Balaban J connectivity index is 2.44. The van der Waals surface area contributed by atoms with E-state index in [4.69, 9.17) is 0 Å². The summed E-state index contributed by atoms with van der Waals surface area (Å²) in [4.78, 5) is 11.6. The van der Waals surface area contributed by atoms with Crippen molar-refractivity contribution in [3.8, 4) is 0 Å². The zero-order chi connectivity index (χ0) is 10.3. The summed E-state index contributed by atoms with van der Waals surface area (Å²) in [5, 5.41) is 0. The van der Waals surface area contributed by atoms with Crippen LogP contribution in [-0.2, 0) is 6.54 Å². The Labute approximate surface area is 97.8 Å². The summed E-state index contributed by atoms with van der Waals surface area (Å²) in [5.41, 5.74) is 3.34. The summed E-state index contributed by atoms with van der Waals surface area (Å²) in [6, 6.07) is 6.15. The highest BCUT2D eigenvalue weighted by Crippen LogP contribution is 2.28. The molecule has 14 heavy (non-hydrogen) atoms. The second kappa shape index (κ2) is 3.53. The highest BCUT2D eigenvalue weighted by molar-refractivity contribution is 14.1. The summed E-state index contributed by atoms with van der Waals surface area (Å²) in [6.45, 7) is 5.08. The van der Waals surface area contributed by atoms with Crippen LogP contribution in [0.15, 0.2) is 18.2 Å². The fourth-order valence-corrected chi connectivity index (χ4v) is 2.29. The number of nitrogens with zero attached hydrogens (tertiary/aromatic N) is 1. The quantitative estimate of drug-likeness (QED) is 0.576. The van der Waals surface area contributed by atoms with Gasteiger partial charge in [0.05, 0.1) is 29.4 Å². The maximum absolute atomic E-state index is 11.6. The maximum atomic E-state index is 11.6. The molecule has 0 saturated heterocycles. The lowest BCUT2D eigenvalue weighted by atomic mass is 9.98. The van der Waals surface area contributed by atoms with E-state index in [0.717, 1.165) is 17.7 Å². The third-order valence-electron chi connectivity index (χ3n) is 2.56. The van der Waals surface area contributed by atoms with E-state index >= 15 is 0 Å². The van der Waals surface area contributed by atoms with Crippen LogP contribution in [0.4, 0.5) is 0 Å². The highest BCUT2D eigenvalue weighted by atomic mass is 127. The van der Waals surface area contributed by atoms with Gasteiger partial charge in [-0.15, -0.1) is 0 Å². The molecular formula is C11H12INO. The zero-order valence-corrected chi connectivity index (χ0v) is 10.4.